The van der Waals surface area contributed by atoms with E-state index in [-0.39, 0.29) is 0 Å². The summed E-state index contributed by atoms with van der Waals surface area (Å²) >= 11 is 0. The normalized spacial score (nSPS) is 24.0. The molecular weight excluding hydrogens is 364 g/mol. The van der Waals surface area contributed by atoms with Crippen LogP contribution in [-0.4, -0.2) is 41.9 Å². The van der Waals surface area contributed by atoms with Crippen LogP contribution in [0.1, 0.15) is 50.7 Å². The molecule has 0 bridgehead atoms. The van der Waals surface area contributed by atoms with Gasteiger partial charge in [0.2, 0.25) is 0 Å². The van der Waals surface area contributed by atoms with E-state index in [4.69, 9.17) is 16.3 Å². The number of nitrogens with two attached hydrogens (primary N) is 2. The van der Waals surface area contributed by atoms with Gasteiger partial charge in [-0.15, -0.1) is 0 Å². The van der Waals surface area contributed by atoms with Crippen LogP contribution in [0.4, 0.5) is 11.5 Å². The number of anilines is 2. The number of hydrogen-bond acceptors (Lipinski definition) is 7. The highest BCUT2D eigenvalue weighted by Gasteiger charge is 2.41. The number of aromatic nitrogens is 2. The first-order valence-corrected chi connectivity index (χ1v) is 10.2. The van der Waals surface area contributed by atoms with Crippen molar-refractivity contribution in [2.75, 3.05) is 24.8 Å². The average Bonchev–Trinajstić information content (AvgIpc) is 2.70. The molecule has 4 N–H and O–H groups in total. The summed E-state index contributed by atoms with van der Waals surface area (Å²) in [7, 11) is 3.74. The van der Waals surface area contributed by atoms with Crippen molar-refractivity contribution in [3.8, 4) is 11.3 Å². The molecule has 1 heterocycles. The van der Waals surface area contributed by atoms with E-state index in [9.17, 15) is 0 Å². The molecular formula is C22H30N6O. The molecule has 0 amide bonds. The van der Waals surface area contributed by atoms with Crippen molar-refractivity contribution in [1.82, 2.24) is 9.97 Å². The monoisotopic (exact) mass is 394 g/mol. The summed E-state index contributed by atoms with van der Waals surface area (Å²) in [6.45, 7) is 4.18. The Labute approximate surface area is 172 Å². The van der Waals surface area contributed by atoms with E-state index < -0.39 is 5.41 Å². The fourth-order valence-corrected chi connectivity index (χ4v) is 4.78. The lowest BCUT2D eigenvalue weighted by molar-refractivity contribution is 0.211. The number of nitrogens with zero attached hydrogens (tertiary/aromatic N) is 4. The van der Waals surface area contributed by atoms with Crippen LogP contribution in [0.2, 0.25) is 0 Å². The van der Waals surface area contributed by atoms with E-state index >= 15 is 0 Å². The smallest absolute Gasteiger partial charge is 0.131 e. The number of rotatable bonds is 3. The van der Waals surface area contributed by atoms with Gasteiger partial charge in [0, 0.05) is 46.9 Å². The molecule has 2 aliphatic carbocycles. The van der Waals surface area contributed by atoms with Gasteiger partial charge in [0.25, 0.3) is 0 Å². The van der Waals surface area contributed by atoms with Crippen molar-refractivity contribution in [2.45, 2.75) is 57.0 Å². The van der Waals surface area contributed by atoms with Crippen LogP contribution in [0.15, 0.2) is 29.7 Å². The molecule has 1 fully saturated rings. The Balaban J connectivity index is 1.82. The second-order valence-corrected chi connectivity index (χ2v) is 8.64. The first-order chi connectivity index (χ1) is 13.8. The second kappa shape index (κ2) is 7.30. The summed E-state index contributed by atoms with van der Waals surface area (Å²) in [5, 5.41) is 4.41. The molecule has 7 heteroatoms. The zero-order valence-electron chi connectivity index (χ0n) is 17.6. The van der Waals surface area contributed by atoms with Gasteiger partial charge in [0.1, 0.15) is 19.3 Å². The molecule has 1 saturated carbocycles. The molecule has 154 valence electrons. The summed E-state index contributed by atoms with van der Waals surface area (Å²) in [5.41, 5.74) is 17.7. The summed E-state index contributed by atoms with van der Waals surface area (Å²) in [6.07, 6.45) is 5.91. The maximum Gasteiger partial charge on any atom is 0.131 e. The topological polar surface area (TPSA) is 103 Å². The van der Waals surface area contributed by atoms with Gasteiger partial charge >= 0.3 is 0 Å². The highest BCUT2D eigenvalue weighted by atomic mass is 16.6. The van der Waals surface area contributed by atoms with Crippen molar-refractivity contribution in [3.05, 3.63) is 35.7 Å². The second-order valence-electron chi connectivity index (χ2n) is 8.64. The molecule has 1 aromatic heterocycles. The lowest BCUT2D eigenvalue weighted by Crippen LogP contribution is -2.39. The van der Waals surface area contributed by atoms with Gasteiger partial charge in [-0.3, -0.25) is 0 Å². The average molecular weight is 395 g/mol. The van der Waals surface area contributed by atoms with Gasteiger partial charge in [-0.05, 0) is 51.7 Å². The zero-order valence-corrected chi connectivity index (χ0v) is 17.6. The molecule has 0 spiro atoms. The molecule has 7 nitrogen and oxygen atoms in total. The minimum Gasteiger partial charge on any atom is -0.399 e. The summed E-state index contributed by atoms with van der Waals surface area (Å²) < 4.78 is 0. The van der Waals surface area contributed by atoms with Crippen molar-refractivity contribution in [3.63, 3.8) is 0 Å². The highest BCUT2D eigenvalue weighted by Crippen LogP contribution is 2.45. The van der Waals surface area contributed by atoms with E-state index in [1.54, 1.807) is 7.11 Å². The third kappa shape index (κ3) is 3.23. The standard InChI is InChI=1S/C22H30N6O/c1-22(2)18-19(25-12-26-21(18)24)16-10-9-15(11-17(16)20(22)27-29-4)28(3)14-7-5-13(23)6-8-14/h9-14H,5-8,23H2,1-4H3,(H2,24,25,26). The third-order valence-corrected chi connectivity index (χ3v) is 6.49. The molecule has 0 unspecified atom stereocenters. The lowest BCUT2D eigenvalue weighted by atomic mass is 9.70. The molecule has 2 aliphatic rings. The van der Waals surface area contributed by atoms with Crippen LogP contribution in [0.25, 0.3) is 11.3 Å². The fourth-order valence-electron chi connectivity index (χ4n) is 4.78. The minimum absolute atomic E-state index is 0.339. The number of fused-ring (bicyclic) bond motifs is 3. The van der Waals surface area contributed by atoms with Gasteiger partial charge in [0.15, 0.2) is 0 Å². The van der Waals surface area contributed by atoms with Crippen molar-refractivity contribution >= 4 is 17.2 Å². The summed E-state index contributed by atoms with van der Waals surface area (Å²) in [5.74, 6) is 0.481. The maximum absolute atomic E-state index is 6.25. The van der Waals surface area contributed by atoms with Crippen LogP contribution in [0, 0.1) is 0 Å². The molecule has 4 rings (SSSR count). The Morgan fingerprint density at radius 1 is 1.14 bits per heavy atom. The van der Waals surface area contributed by atoms with Crippen LogP contribution in [-0.2, 0) is 10.3 Å². The molecule has 29 heavy (non-hydrogen) atoms. The number of hydrogen-bond donors (Lipinski definition) is 2. The van der Waals surface area contributed by atoms with E-state index in [0.717, 1.165) is 59.5 Å². The Bertz CT molecular complexity index is 946. The van der Waals surface area contributed by atoms with Gasteiger partial charge in [0.05, 0.1) is 11.4 Å². The van der Waals surface area contributed by atoms with Crippen molar-refractivity contribution in [2.24, 2.45) is 10.9 Å². The Morgan fingerprint density at radius 3 is 2.55 bits per heavy atom. The minimum atomic E-state index is -0.474. The Kier molecular flexibility index (Phi) is 4.94. The molecule has 0 saturated heterocycles. The lowest BCUT2D eigenvalue weighted by Gasteiger charge is -2.37. The predicted molar refractivity (Wildman–Crippen MR) is 117 cm³/mol. The van der Waals surface area contributed by atoms with Crippen LogP contribution >= 0.6 is 0 Å². The van der Waals surface area contributed by atoms with Gasteiger partial charge in [-0.2, -0.15) is 0 Å². The van der Waals surface area contributed by atoms with Crippen LogP contribution < -0.4 is 16.4 Å². The first kappa shape index (κ1) is 19.6. The van der Waals surface area contributed by atoms with E-state index in [1.165, 1.54) is 6.33 Å². The van der Waals surface area contributed by atoms with Gasteiger partial charge in [-0.1, -0.05) is 11.2 Å². The highest BCUT2D eigenvalue weighted by molar-refractivity contribution is 6.16. The SMILES string of the molecule is CON=C1c2cc(N(C)C3CCC(N)CC3)ccc2-c2ncnc(N)c2C1(C)C. The Morgan fingerprint density at radius 2 is 1.86 bits per heavy atom. The Hall–Kier alpha value is -2.67. The number of oxime groups is 1. The van der Waals surface area contributed by atoms with E-state index in [1.807, 2.05) is 0 Å². The largest absolute Gasteiger partial charge is 0.399 e. The van der Waals surface area contributed by atoms with Gasteiger partial charge in [-0.25, -0.2) is 9.97 Å². The quantitative estimate of drug-likeness (QED) is 0.776. The van der Waals surface area contributed by atoms with Gasteiger partial charge < -0.3 is 21.2 Å². The fraction of sp³-hybridized carbons (Fsp3) is 0.500. The number of benzene rings is 1. The summed E-state index contributed by atoms with van der Waals surface area (Å²) in [4.78, 5) is 16.4. The van der Waals surface area contributed by atoms with E-state index in [2.05, 4.69) is 59.1 Å². The molecule has 0 radical (unpaired) electrons. The molecule has 0 atom stereocenters. The predicted octanol–water partition coefficient (Wildman–Crippen LogP) is 3.07. The third-order valence-electron chi connectivity index (χ3n) is 6.49. The zero-order chi connectivity index (χ0) is 20.8. The molecule has 1 aromatic carbocycles. The van der Waals surface area contributed by atoms with Crippen molar-refractivity contribution < 1.29 is 4.84 Å². The summed E-state index contributed by atoms with van der Waals surface area (Å²) in [6, 6.07) is 7.30. The maximum atomic E-state index is 6.25. The molecule has 2 aromatic rings. The van der Waals surface area contributed by atoms with Crippen LogP contribution in [0.5, 0.6) is 0 Å². The molecule has 0 aliphatic heterocycles. The van der Waals surface area contributed by atoms with E-state index in [0.29, 0.717) is 17.9 Å². The van der Waals surface area contributed by atoms with Crippen molar-refractivity contribution in [1.29, 1.82) is 0 Å². The first-order valence-electron chi connectivity index (χ1n) is 10.2. The number of nitrogen functional groups attached to an aromatic ring is 1. The van der Waals surface area contributed by atoms with Crippen LogP contribution in [0.3, 0.4) is 0 Å².